The Bertz CT molecular complexity index is 1030. The van der Waals surface area contributed by atoms with Gasteiger partial charge in [-0.05, 0) is 48.7 Å². The highest BCUT2D eigenvalue weighted by molar-refractivity contribution is 5.92. The van der Waals surface area contributed by atoms with Gasteiger partial charge in [-0.2, -0.15) is 9.78 Å². The van der Waals surface area contributed by atoms with E-state index in [-0.39, 0.29) is 17.2 Å². The molecule has 1 saturated heterocycles. The van der Waals surface area contributed by atoms with Crippen LogP contribution in [-0.4, -0.2) is 33.8 Å². The Morgan fingerprint density at radius 2 is 1.82 bits per heavy atom. The molecule has 1 aromatic carbocycles. The summed E-state index contributed by atoms with van der Waals surface area (Å²) in [5, 5.41) is 7.07. The molecule has 3 heterocycles. The lowest BCUT2D eigenvalue weighted by Gasteiger charge is -2.17. The predicted octanol–water partition coefficient (Wildman–Crippen LogP) is 2.16. The number of hydrogen-bond acceptors (Lipinski definition) is 5. The van der Waals surface area contributed by atoms with Gasteiger partial charge in [0.1, 0.15) is 11.5 Å². The van der Waals surface area contributed by atoms with Gasteiger partial charge in [0, 0.05) is 31.9 Å². The molecule has 0 atom stereocenters. The average Bonchev–Trinajstić information content (AvgIpc) is 3.28. The molecule has 142 valence electrons. The number of aromatic nitrogens is 3. The van der Waals surface area contributed by atoms with Crippen molar-refractivity contribution in [3.05, 3.63) is 82.4 Å². The number of anilines is 1. The van der Waals surface area contributed by atoms with Crippen LogP contribution in [0.3, 0.4) is 0 Å². The highest BCUT2D eigenvalue weighted by Gasteiger charge is 2.14. The fraction of sp³-hybridized carbons (Fsp3) is 0.238. The Morgan fingerprint density at radius 3 is 2.61 bits per heavy atom. The van der Waals surface area contributed by atoms with E-state index in [1.807, 2.05) is 30.3 Å². The molecule has 0 aliphatic carbocycles. The van der Waals surface area contributed by atoms with Gasteiger partial charge in [0.2, 0.25) is 0 Å². The zero-order chi connectivity index (χ0) is 19.3. The Balaban J connectivity index is 1.47. The molecule has 0 unspecified atom stereocenters. The summed E-state index contributed by atoms with van der Waals surface area (Å²) in [6, 6.07) is 15.7. The van der Waals surface area contributed by atoms with Gasteiger partial charge < -0.3 is 10.2 Å². The molecular formula is C21H21N5O2. The van der Waals surface area contributed by atoms with E-state index in [1.54, 1.807) is 18.3 Å². The second-order valence-electron chi connectivity index (χ2n) is 6.70. The van der Waals surface area contributed by atoms with Crippen LogP contribution >= 0.6 is 0 Å². The number of benzene rings is 1. The molecular weight excluding hydrogens is 354 g/mol. The third kappa shape index (κ3) is 3.93. The molecule has 1 aliphatic heterocycles. The van der Waals surface area contributed by atoms with Gasteiger partial charge in [-0.25, -0.2) is 4.98 Å². The lowest BCUT2D eigenvalue weighted by atomic mass is 10.2. The molecule has 1 fully saturated rings. The molecule has 0 bridgehead atoms. The monoisotopic (exact) mass is 375 g/mol. The molecule has 3 aromatic rings. The minimum atomic E-state index is -0.329. The summed E-state index contributed by atoms with van der Waals surface area (Å²) in [6.45, 7) is 2.41. The number of carbonyl (C=O) groups excluding carboxylic acids is 1. The van der Waals surface area contributed by atoms with Crippen LogP contribution in [0.5, 0.6) is 0 Å². The summed E-state index contributed by atoms with van der Waals surface area (Å²) in [7, 11) is 0. The van der Waals surface area contributed by atoms with Crippen LogP contribution in [-0.2, 0) is 6.54 Å². The fourth-order valence-corrected chi connectivity index (χ4v) is 3.25. The highest BCUT2D eigenvalue weighted by atomic mass is 16.2. The van der Waals surface area contributed by atoms with E-state index in [9.17, 15) is 9.59 Å². The largest absolute Gasteiger partial charge is 0.357 e. The molecule has 7 nitrogen and oxygen atoms in total. The van der Waals surface area contributed by atoms with E-state index in [1.165, 1.54) is 29.7 Å². The quantitative estimate of drug-likeness (QED) is 0.739. The molecule has 1 aliphatic rings. The van der Waals surface area contributed by atoms with Gasteiger partial charge in [-0.3, -0.25) is 9.59 Å². The van der Waals surface area contributed by atoms with Crippen molar-refractivity contribution in [2.45, 2.75) is 19.4 Å². The number of rotatable bonds is 5. The number of hydrogen-bond donors (Lipinski definition) is 1. The smallest absolute Gasteiger partial charge is 0.272 e. The van der Waals surface area contributed by atoms with Crippen molar-refractivity contribution in [2.75, 3.05) is 18.0 Å². The summed E-state index contributed by atoms with van der Waals surface area (Å²) in [4.78, 5) is 31.3. The van der Waals surface area contributed by atoms with Crippen molar-refractivity contribution in [3.63, 3.8) is 0 Å². The van der Waals surface area contributed by atoms with Crippen LogP contribution in [0.2, 0.25) is 0 Å². The van der Waals surface area contributed by atoms with E-state index in [0.29, 0.717) is 12.2 Å². The maximum absolute atomic E-state index is 12.5. The summed E-state index contributed by atoms with van der Waals surface area (Å²) < 4.78 is 1.23. The Hall–Kier alpha value is -3.48. The maximum Gasteiger partial charge on any atom is 0.272 e. The molecule has 2 aromatic heterocycles. The predicted molar refractivity (Wildman–Crippen MR) is 107 cm³/mol. The first-order chi connectivity index (χ1) is 13.7. The number of amides is 1. The van der Waals surface area contributed by atoms with Crippen LogP contribution in [0.25, 0.3) is 5.69 Å². The average molecular weight is 375 g/mol. The lowest BCUT2D eigenvalue weighted by molar-refractivity contribution is 0.0944. The summed E-state index contributed by atoms with van der Waals surface area (Å²) in [5.74, 6) is 0.615. The van der Waals surface area contributed by atoms with Crippen LogP contribution < -0.4 is 15.8 Å². The molecule has 0 radical (unpaired) electrons. The van der Waals surface area contributed by atoms with Crippen LogP contribution in [0.15, 0.2) is 65.6 Å². The van der Waals surface area contributed by atoms with E-state index < -0.39 is 0 Å². The van der Waals surface area contributed by atoms with Crippen molar-refractivity contribution in [1.29, 1.82) is 0 Å². The Kier molecular flexibility index (Phi) is 5.14. The molecule has 28 heavy (non-hydrogen) atoms. The second kappa shape index (κ2) is 8.04. The minimum absolute atomic E-state index is 0.192. The topological polar surface area (TPSA) is 80.1 Å². The maximum atomic E-state index is 12.5. The van der Waals surface area contributed by atoms with Crippen LogP contribution in [0.4, 0.5) is 5.82 Å². The summed E-state index contributed by atoms with van der Waals surface area (Å²) in [6.07, 6.45) is 4.14. The third-order valence-corrected chi connectivity index (χ3v) is 4.73. The fourth-order valence-electron chi connectivity index (χ4n) is 3.25. The van der Waals surface area contributed by atoms with E-state index in [0.717, 1.165) is 24.5 Å². The van der Waals surface area contributed by atoms with Gasteiger partial charge in [0.15, 0.2) is 0 Å². The molecule has 0 saturated carbocycles. The van der Waals surface area contributed by atoms with Gasteiger partial charge >= 0.3 is 0 Å². The molecule has 0 spiro atoms. The number of pyridine rings is 1. The van der Waals surface area contributed by atoms with Crippen LogP contribution in [0.1, 0.15) is 28.9 Å². The normalized spacial score (nSPS) is 13.5. The van der Waals surface area contributed by atoms with Crippen molar-refractivity contribution in [2.24, 2.45) is 0 Å². The number of carbonyl (C=O) groups is 1. The minimum Gasteiger partial charge on any atom is -0.357 e. The van der Waals surface area contributed by atoms with Crippen molar-refractivity contribution in [3.8, 4) is 5.69 Å². The molecule has 4 rings (SSSR count). The standard InChI is InChI=1S/C21H21N5O2/c27-20-9-8-18(24-26(20)17-6-2-1-3-7-17)21(28)23-15-16-10-11-22-19(14-16)25-12-4-5-13-25/h1-3,6-11,14H,4-5,12-13,15H2,(H,23,28). The van der Waals surface area contributed by atoms with E-state index in [4.69, 9.17) is 0 Å². The van der Waals surface area contributed by atoms with E-state index in [2.05, 4.69) is 20.3 Å². The summed E-state index contributed by atoms with van der Waals surface area (Å²) >= 11 is 0. The van der Waals surface area contributed by atoms with Gasteiger partial charge in [-0.15, -0.1) is 0 Å². The highest BCUT2D eigenvalue weighted by Crippen LogP contribution is 2.18. The van der Waals surface area contributed by atoms with Gasteiger partial charge in [0.05, 0.1) is 5.69 Å². The SMILES string of the molecule is O=C(NCc1ccnc(N2CCCC2)c1)c1ccc(=O)n(-c2ccccc2)n1. The van der Waals surface area contributed by atoms with Crippen molar-refractivity contribution < 1.29 is 4.79 Å². The van der Waals surface area contributed by atoms with Crippen LogP contribution in [0, 0.1) is 0 Å². The number of nitrogens with zero attached hydrogens (tertiary/aromatic N) is 4. The third-order valence-electron chi connectivity index (χ3n) is 4.73. The molecule has 1 N–H and O–H groups in total. The molecule has 1 amide bonds. The number of para-hydroxylation sites is 1. The number of nitrogens with one attached hydrogen (secondary N) is 1. The first-order valence-electron chi connectivity index (χ1n) is 9.34. The van der Waals surface area contributed by atoms with Gasteiger partial charge in [0.25, 0.3) is 11.5 Å². The van der Waals surface area contributed by atoms with Gasteiger partial charge in [-0.1, -0.05) is 18.2 Å². The first kappa shape index (κ1) is 17.9. The van der Waals surface area contributed by atoms with E-state index >= 15 is 0 Å². The van der Waals surface area contributed by atoms with Crippen molar-refractivity contribution in [1.82, 2.24) is 20.1 Å². The Morgan fingerprint density at radius 1 is 1.04 bits per heavy atom. The van der Waals surface area contributed by atoms with Crippen molar-refractivity contribution >= 4 is 11.7 Å². The zero-order valence-corrected chi connectivity index (χ0v) is 15.4. The first-order valence-corrected chi connectivity index (χ1v) is 9.34. The zero-order valence-electron chi connectivity index (χ0n) is 15.4. The lowest BCUT2D eigenvalue weighted by Crippen LogP contribution is -2.28. The summed E-state index contributed by atoms with van der Waals surface area (Å²) in [5.41, 5.74) is 1.50. The second-order valence-corrected chi connectivity index (χ2v) is 6.70. The Labute approximate surface area is 162 Å². The molecule has 7 heteroatoms.